The number of thioether (sulfide) groups is 1. The quantitative estimate of drug-likeness (QED) is 0.851. The molecular weight excluding hydrogens is 264 g/mol. The van der Waals surface area contributed by atoms with Crippen molar-refractivity contribution < 1.29 is 14.6 Å². The maximum atomic E-state index is 10.7. The van der Waals surface area contributed by atoms with Crippen molar-refractivity contribution in [2.75, 3.05) is 12.9 Å². The molecule has 6 heteroatoms. The van der Waals surface area contributed by atoms with Gasteiger partial charge in [-0.3, -0.25) is 4.79 Å². The van der Waals surface area contributed by atoms with Crippen LogP contribution in [0.5, 0.6) is 5.75 Å². The first kappa shape index (κ1) is 13.5. The van der Waals surface area contributed by atoms with Crippen LogP contribution in [-0.2, 0) is 4.79 Å². The zero-order chi connectivity index (χ0) is 13.8. The molecule has 0 bridgehead atoms. The van der Waals surface area contributed by atoms with Crippen LogP contribution >= 0.6 is 11.8 Å². The third kappa shape index (κ3) is 3.29. The third-order valence-corrected chi connectivity index (χ3v) is 3.42. The maximum absolute atomic E-state index is 10.7. The van der Waals surface area contributed by atoms with Crippen molar-refractivity contribution in [2.24, 2.45) is 0 Å². The monoisotopic (exact) mass is 278 g/mol. The predicted molar refractivity (Wildman–Crippen MR) is 73.2 cm³/mol. The van der Waals surface area contributed by atoms with Crippen molar-refractivity contribution in [1.82, 2.24) is 9.78 Å². The molecule has 100 valence electrons. The van der Waals surface area contributed by atoms with E-state index in [0.717, 1.165) is 22.2 Å². The second-order valence-corrected chi connectivity index (χ2v) is 4.92. The van der Waals surface area contributed by atoms with E-state index in [1.54, 1.807) is 11.8 Å². The Hall–Kier alpha value is -1.95. The standard InChI is InChI=1S/C13H14N2O3S/c1-9-6-12(19-8-13(16)17)15(14-9)10-4-3-5-11(7-10)18-2/h3-7H,8H2,1-2H3,(H,16,17). The van der Waals surface area contributed by atoms with E-state index in [2.05, 4.69) is 5.10 Å². The fourth-order valence-corrected chi connectivity index (χ4v) is 2.44. The summed E-state index contributed by atoms with van der Waals surface area (Å²) in [5.41, 5.74) is 1.69. The van der Waals surface area contributed by atoms with Crippen LogP contribution in [0.3, 0.4) is 0 Å². The number of benzene rings is 1. The van der Waals surface area contributed by atoms with Gasteiger partial charge in [-0.15, -0.1) is 0 Å². The molecule has 0 fully saturated rings. The van der Waals surface area contributed by atoms with Crippen LogP contribution in [0.15, 0.2) is 35.4 Å². The molecule has 0 saturated carbocycles. The first-order chi connectivity index (χ1) is 9.10. The number of aryl methyl sites for hydroxylation is 1. The summed E-state index contributed by atoms with van der Waals surface area (Å²) in [6.45, 7) is 1.88. The number of ether oxygens (including phenoxy) is 1. The van der Waals surface area contributed by atoms with Gasteiger partial charge in [0.25, 0.3) is 0 Å². The number of hydrogen-bond donors (Lipinski definition) is 1. The summed E-state index contributed by atoms with van der Waals surface area (Å²) in [5.74, 6) is -0.101. The van der Waals surface area contributed by atoms with E-state index in [1.807, 2.05) is 37.3 Å². The Labute approximate surface area is 115 Å². The smallest absolute Gasteiger partial charge is 0.313 e. The number of methoxy groups -OCH3 is 1. The van der Waals surface area contributed by atoms with E-state index in [-0.39, 0.29) is 5.75 Å². The average molecular weight is 278 g/mol. The molecule has 0 unspecified atom stereocenters. The summed E-state index contributed by atoms with van der Waals surface area (Å²) in [4.78, 5) is 10.7. The van der Waals surface area contributed by atoms with Gasteiger partial charge >= 0.3 is 5.97 Å². The molecule has 5 nitrogen and oxygen atoms in total. The minimum atomic E-state index is -0.846. The molecule has 1 aromatic carbocycles. The van der Waals surface area contributed by atoms with Crippen molar-refractivity contribution in [2.45, 2.75) is 11.9 Å². The molecule has 0 spiro atoms. The highest BCUT2D eigenvalue weighted by Gasteiger charge is 2.10. The van der Waals surface area contributed by atoms with Crippen LogP contribution in [0.4, 0.5) is 0 Å². The Balaban J connectivity index is 2.34. The second-order valence-electron chi connectivity index (χ2n) is 3.92. The van der Waals surface area contributed by atoms with Gasteiger partial charge in [0.1, 0.15) is 10.8 Å². The summed E-state index contributed by atoms with van der Waals surface area (Å²) in [7, 11) is 1.60. The molecular formula is C13H14N2O3S. The Morgan fingerprint density at radius 3 is 2.95 bits per heavy atom. The third-order valence-electron chi connectivity index (χ3n) is 2.44. The van der Waals surface area contributed by atoms with Gasteiger partial charge in [-0.1, -0.05) is 17.8 Å². The lowest BCUT2D eigenvalue weighted by Crippen LogP contribution is -2.02. The van der Waals surface area contributed by atoms with Gasteiger partial charge in [-0.05, 0) is 25.1 Å². The number of carboxylic acids is 1. The van der Waals surface area contributed by atoms with Gasteiger partial charge in [-0.2, -0.15) is 5.10 Å². The number of rotatable bonds is 5. The molecule has 19 heavy (non-hydrogen) atoms. The summed E-state index contributed by atoms with van der Waals surface area (Å²) in [6, 6.07) is 9.35. The fraction of sp³-hybridized carbons (Fsp3) is 0.231. The number of carbonyl (C=O) groups is 1. The average Bonchev–Trinajstić information content (AvgIpc) is 2.77. The number of aliphatic carboxylic acids is 1. The van der Waals surface area contributed by atoms with E-state index >= 15 is 0 Å². The van der Waals surface area contributed by atoms with Crippen molar-refractivity contribution in [3.05, 3.63) is 36.0 Å². The summed E-state index contributed by atoms with van der Waals surface area (Å²) in [5, 5.41) is 13.9. The van der Waals surface area contributed by atoms with Gasteiger partial charge in [0.05, 0.1) is 24.2 Å². The largest absolute Gasteiger partial charge is 0.497 e. The summed E-state index contributed by atoms with van der Waals surface area (Å²) >= 11 is 1.24. The zero-order valence-corrected chi connectivity index (χ0v) is 11.5. The molecule has 1 aromatic heterocycles. The lowest BCUT2D eigenvalue weighted by atomic mass is 10.3. The Morgan fingerprint density at radius 2 is 2.26 bits per heavy atom. The number of hydrogen-bond acceptors (Lipinski definition) is 4. The van der Waals surface area contributed by atoms with Gasteiger partial charge in [-0.25, -0.2) is 4.68 Å². The Morgan fingerprint density at radius 1 is 1.47 bits per heavy atom. The van der Waals surface area contributed by atoms with Gasteiger partial charge in [0.15, 0.2) is 0 Å². The van der Waals surface area contributed by atoms with Crippen molar-refractivity contribution >= 4 is 17.7 Å². The normalized spacial score (nSPS) is 10.4. The lowest BCUT2D eigenvalue weighted by Gasteiger charge is -2.07. The van der Waals surface area contributed by atoms with E-state index < -0.39 is 5.97 Å². The van der Waals surface area contributed by atoms with Gasteiger partial charge in [0, 0.05) is 6.07 Å². The van der Waals surface area contributed by atoms with Gasteiger partial charge in [0.2, 0.25) is 0 Å². The second kappa shape index (κ2) is 5.79. The number of nitrogens with zero attached hydrogens (tertiary/aromatic N) is 2. The summed E-state index contributed by atoms with van der Waals surface area (Å²) < 4.78 is 6.91. The number of aromatic nitrogens is 2. The minimum absolute atomic E-state index is 0.00903. The molecule has 0 aliphatic rings. The molecule has 0 amide bonds. The van der Waals surface area contributed by atoms with Crippen molar-refractivity contribution in [1.29, 1.82) is 0 Å². The van der Waals surface area contributed by atoms with Crippen LogP contribution in [0.25, 0.3) is 5.69 Å². The molecule has 0 aliphatic heterocycles. The topological polar surface area (TPSA) is 64.4 Å². The minimum Gasteiger partial charge on any atom is -0.497 e. The lowest BCUT2D eigenvalue weighted by molar-refractivity contribution is -0.133. The Kier molecular flexibility index (Phi) is 4.11. The highest BCUT2D eigenvalue weighted by molar-refractivity contribution is 7.99. The van der Waals surface area contributed by atoms with E-state index in [9.17, 15) is 4.79 Å². The van der Waals surface area contributed by atoms with Crippen LogP contribution in [0.1, 0.15) is 5.69 Å². The molecule has 0 radical (unpaired) electrons. The molecule has 0 aliphatic carbocycles. The fourth-order valence-electron chi connectivity index (χ4n) is 1.64. The van der Waals surface area contributed by atoms with Crippen LogP contribution < -0.4 is 4.74 Å². The molecule has 2 rings (SSSR count). The molecule has 0 saturated heterocycles. The highest BCUT2D eigenvalue weighted by Crippen LogP contribution is 2.24. The SMILES string of the molecule is COc1cccc(-n2nc(C)cc2SCC(=O)O)c1. The number of carboxylic acid groups (broad SMARTS) is 1. The first-order valence-corrected chi connectivity index (χ1v) is 6.64. The van der Waals surface area contributed by atoms with Crippen molar-refractivity contribution in [3.63, 3.8) is 0 Å². The van der Waals surface area contributed by atoms with E-state index in [1.165, 1.54) is 11.8 Å². The van der Waals surface area contributed by atoms with Gasteiger partial charge < -0.3 is 9.84 Å². The zero-order valence-electron chi connectivity index (χ0n) is 10.7. The van der Waals surface area contributed by atoms with E-state index in [4.69, 9.17) is 9.84 Å². The molecule has 2 aromatic rings. The summed E-state index contributed by atoms with van der Waals surface area (Å²) in [6.07, 6.45) is 0. The Bertz CT molecular complexity index is 595. The maximum Gasteiger partial charge on any atom is 0.313 e. The van der Waals surface area contributed by atoms with Crippen LogP contribution in [0, 0.1) is 6.92 Å². The highest BCUT2D eigenvalue weighted by atomic mass is 32.2. The molecule has 1 N–H and O–H groups in total. The van der Waals surface area contributed by atoms with Crippen LogP contribution in [0.2, 0.25) is 0 Å². The predicted octanol–water partition coefficient (Wildman–Crippen LogP) is 2.37. The van der Waals surface area contributed by atoms with Crippen LogP contribution in [-0.4, -0.2) is 33.7 Å². The molecule has 1 heterocycles. The first-order valence-electron chi connectivity index (χ1n) is 5.66. The van der Waals surface area contributed by atoms with Crippen molar-refractivity contribution in [3.8, 4) is 11.4 Å². The van der Waals surface area contributed by atoms with E-state index in [0.29, 0.717) is 0 Å². The molecule has 0 atom stereocenters.